The van der Waals surface area contributed by atoms with Gasteiger partial charge < -0.3 is 20.5 Å². The molecule has 0 atom stereocenters. The van der Waals surface area contributed by atoms with E-state index in [0.717, 1.165) is 42.4 Å². The van der Waals surface area contributed by atoms with Crippen LogP contribution in [0, 0.1) is 5.41 Å². The number of nitrogens with zero attached hydrogens (tertiary/aromatic N) is 5. The first kappa shape index (κ1) is 23.7. The zero-order valence-corrected chi connectivity index (χ0v) is 20.3. The number of fused-ring (bicyclic) bond motifs is 2. The van der Waals surface area contributed by atoms with Gasteiger partial charge in [-0.1, -0.05) is 0 Å². The molecule has 2 aliphatic rings. The van der Waals surface area contributed by atoms with Gasteiger partial charge in [0.05, 0.1) is 22.7 Å². The molecule has 37 heavy (non-hydrogen) atoms. The molecule has 0 aromatic carbocycles. The van der Waals surface area contributed by atoms with Gasteiger partial charge in [-0.05, 0) is 63.5 Å². The van der Waals surface area contributed by atoms with Crippen molar-refractivity contribution in [2.75, 3.05) is 32.0 Å². The van der Waals surface area contributed by atoms with Crippen LogP contribution in [0.1, 0.15) is 36.0 Å². The highest BCUT2D eigenvalue weighted by Gasteiger charge is 2.62. The van der Waals surface area contributed by atoms with Gasteiger partial charge in [0.2, 0.25) is 5.95 Å². The van der Waals surface area contributed by atoms with Gasteiger partial charge in [-0.15, -0.1) is 0 Å². The number of aromatic nitrogens is 5. The van der Waals surface area contributed by atoms with E-state index in [1.165, 1.54) is 0 Å². The molecule has 4 aromatic heterocycles. The van der Waals surface area contributed by atoms with Gasteiger partial charge in [-0.25, -0.2) is 9.50 Å². The van der Waals surface area contributed by atoms with Crippen molar-refractivity contribution in [1.82, 2.24) is 34.8 Å². The number of carbonyl (C=O) groups is 1. The lowest BCUT2D eigenvalue weighted by atomic mass is 10.0. The highest BCUT2D eigenvalue weighted by molar-refractivity contribution is 6.02. The molecule has 12 heteroatoms. The number of nitrogens with one attached hydrogen (secondary N) is 3. The van der Waals surface area contributed by atoms with Gasteiger partial charge in [-0.3, -0.25) is 4.79 Å². The number of likely N-dealkylation sites (tertiary alicyclic amines) is 1. The van der Waals surface area contributed by atoms with Gasteiger partial charge >= 0.3 is 6.18 Å². The molecule has 1 amide bonds. The van der Waals surface area contributed by atoms with Crippen molar-refractivity contribution in [3.8, 4) is 11.1 Å². The maximum absolute atomic E-state index is 13.2. The first-order chi connectivity index (χ1) is 17.7. The predicted octanol–water partition coefficient (Wildman–Crippen LogP) is 3.85. The minimum absolute atomic E-state index is 0.119. The van der Waals surface area contributed by atoms with Crippen LogP contribution in [-0.4, -0.2) is 74.3 Å². The molecule has 1 aliphatic heterocycles. The Labute approximate surface area is 210 Å². The van der Waals surface area contributed by atoms with Gasteiger partial charge in [0.1, 0.15) is 5.65 Å². The molecule has 2 fully saturated rings. The average Bonchev–Trinajstić information content (AvgIpc) is 3.39. The summed E-state index contributed by atoms with van der Waals surface area (Å²) in [6.07, 6.45) is 4.57. The number of H-pyrrole nitrogens is 1. The number of anilines is 1. The number of alkyl halides is 3. The molecule has 3 N–H and O–H groups in total. The quantitative estimate of drug-likeness (QED) is 0.363. The molecule has 0 bridgehead atoms. The number of rotatable bonds is 6. The third-order valence-electron chi connectivity index (χ3n) is 7.60. The van der Waals surface area contributed by atoms with E-state index >= 15 is 0 Å². The topological polar surface area (TPSA) is 103 Å². The maximum atomic E-state index is 13.2. The smallest absolute Gasteiger partial charge is 0.353 e. The third-order valence-corrected chi connectivity index (χ3v) is 7.60. The summed E-state index contributed by atoms with van der Waals surface area (Å²) in [6, 6.07) is 3.92. The first-order valence-electron chi connectivity index (χ1n) is 12.3. The lowest BCUT2D eigenvalue weighted by molar-refractivity contribution is -0.182. The highest BCUT2D eigenvalue weighted by Crippen LogP contribution is 2.57. The zero-order valence-electron chi connectivity index (χ0n) is 20.3. The van der Waals surface area contributed by atoms with E-state index in [1.807, 2.05) is 12.1 Å². The number of hydrogen-bond acceptors (Lipinski definition) is 6. The van der Waals surface area contributed by atoms with E-state index in [4.69, 9.17) is 0 Å². The normalized spacial score (nSPS) is 18.4. The molecular weight excluding hydrogens is 485 g/mol. The standard InChI is InChI=1S/C25H27F3N8O/c1-35-7-3-16(4-8-35)33-22(37)19-13-32-36-9-2-15(10-20(19)36)17-11-29-21-18(17)12-30-23(34-21)31-14-24(5-6-24)25(26,27)28/h2,9-13,16H,3-8,14H2,1H3,(H,33,37)(H2,29,30,31,34). The second-order valence-corrected chi connectivity index (χ2v) is 10.1. The van der Waals surface area contributed by atoms with Crippen molar-refractivity contribution in [2.45, 2.75) is 37.9 Å². The molecule has 194 valence electrons. The van der Waals surface area contributed by atoms with Crippen LogP contribution in [0.25, 0.3) is 27.7 Å². The Balaban J connectivity index is 1.23. The molecule has 0 unspecified atom stereocenters. The number of pyridine rings is 1. The predicted molar refractivity (Wildman–Crippen MR) is 132 cm³/mol. The molecule has 9 nitrogen and oxygen atoms in total. The van der Waals surface area contributed by atoms with Crippen LogP contribution in [0.4, 0.5) is 19.1 Å². The summed E-state index contributed by atoms with van der Waals surface area (Å²) < 4.78 is 41.3. The monoisotopic (exact) mass is 512 g/mol. The van der Waals surface area contributed by atoms with E-state index in [0.29, 0.717) is 16.7 Å². The van der Waals surface area contributed by atoms with Crippen LogP contribution in [0.3, 0.4) is 0 Å². The molecule has 1 saturated heterocycles. The summed E-state index contributed by atoms with van der Waals surface area (Å²) in [7, 11) is 2.08. The third kappa shape index (κ3) is 4.39. The molecule has 0 radical (unpaired) electrons. The van der Waals surface area contributed by atoms with Gasteiger partial charge in [0, 0.05) is 42.1 Å². The number of hydrogen-bond donors (Lipinski definition) is 3. The van der Waals surface area contributed by atoms with Crippen LogP contribution in [-0.2, 0) is 0 Å². The number of aromatic amines is 1. The van der Waals surface area contributed by atoms with Gasteiger partial charge in [0.25, 0.3) is 5.91 Å². The maximum Gasteiger partial charge on any atom is 0.396 e. The fourth-order valence-electron chi connectivity index (χ4n) is 4.93. The number of carbonyl (C=O) groups excluding carboxylic acids is 1. The highest BCUT2D eigenvalue weighted by atomic mass is 19.4. The summed E-state index contributed by atoms with van der Waals surface area (Å²) in [5, 5.41) is 10.9. The van der Waals surface area contributed by atoms with E-state index in [2.05, 4.69) is 42.6 Å². The van der Waals surface area contributed by atoms with E-state index < -0.39 is 11.6 Å². The Kier molecular flexibility index (Phi) is 5.59. The van der Waals surface area contributed by atoms with Crippen LogP contribution in [0.2, 0.25) is 0 Å². The van der Waals surface area contributed by atoms with E-state index in [-0.39, 0.29) is 37.3 Å². The van der Waals surface area contributed by atoms with Crippen LogP contribution >= 0.6 is 0 Å². The molecule has 4 aromatic rings. The van der Waals surface area contributed by atoms with E-state index in [9.17, 15) is 18.0 Å². The van der Waals surface area contributed by atoms with Crippen LogP contribution in [0.15, 0.2) is 36.9 Å². The van der Waals surface area contributed by atoms with Crippen LogP contribution in [0.5, 0.6) is 0 Å². The second-order valence-electron chi connectivity index (χ2n) is 10.1. The first-order valence-corrected chi connectivity index (χ1v) is 12.3. The summed E-state index contributed by atoms with van der Waals surface area (Å²) in [4.78, 5) is 27.0. The fraction of sp³-hybridized carbons (Fsp3) is 0.440. The Morgan fingerprint density at radius 1 is 1.24 bits per heavy atom. The summed E-state index contributed by atoms with van der Waals surface area (Å²) in [6.45, 7) is 1.66. The molecule has 1 aliphatic carbocycles. The summed E-state index contributed by atoms with van der Waals surface area (Å²) in [5.74, 6) is 0.00232. The summed E-state index contributed by atoms with van der Waals surface area (Å²) >= 11 is 0. The van der Waals surface area contributed by atoms with Crippen LogP contribution < -0.4 is 10.6 Å². The van der Waals surface area contributed by atoms with Crippen molar-refractivity contribution in [3.05, 3.63) is 42.5 Å². The zero-order chi connectivity index (χ0) is 25.8. The summed E-state index contributed by atoms with van der Waals surface area (Å²) in [5.41, 5.74) is 1.68. The minimum atomic E-state index is -4.24. The van der Waals surface area contributed by atoms with Gasteiger partial charge in [-0.2, -0.15) is 23.3 Å². The molecule has 0 spiro atoms. The second kappa shape index (κ2) is 8.72. The van der Waals surface area contributed by atoms with Crippen molar-refractivity contribution in [1.29, 1.82) is 0 Å². The molecule has 5 heterocycles. The van der Waals surface area contributed by atoms with Crippen molar-refractivity contribution < 1.29 is 18.0 Å². The SMILES string of the molecule is CN1CCC(NC(=O)c2cnn3ccc(-c4c[nH]c5nc(NCC6(C(F)(F)F)CC6)ncc45)cc23)CC1. The van der Waals surface area contributed by atoms with E-state index in [1.54, 1.807) is 29.3 Å². The molecule has 1 saturated carbocycles. The Morgan fingerprint density at radius 3 is 2.76 bits per heavy atom. The number of halogens is 3. The Bertz CT molecular complexity index is 1460. The lowest BCUT2D eigenvalue weighted by Gasteiger charge is -2.29. The van der Waals surface area contributed by atoms with Crippen molar-refractivity contribution in [3.63, 3.8) is 0 Å². The van der Waals surface area contributed by atoms with Crippen molar-refractivity contribution in [2.24, 2.45) is 5.41 Å². The Hall–Kier alpha value is -3.67. The van der Waals surface area contributed by atoms with Gasteiger partial charge in [0.15, 0.2) is 0 Å². The fourth-order valence-corrected chi connectivity index (χ4v) is 4.93. The Morgan fingerprint density at radius 2 is 2.03 bits per heavy atom. The molecular formula is C25H27F3N8O. The molecule has 6 rings (SSSR count). The average molecular weight is 513 g/mol. The number of piperidine rings is 1. The number of amides is 1. The minimum Gasteiger partial charge on any atom is -0.353 e. The van der Waals surface area contributed by atoms with Crippen molar-refractivity contribution >= 4 is 28.4 Å². The largest absolute Gasteiger partial charge is 0.396 e. The lowest BCUT2D eigenvalue weighted by Crippen LogP contribution is -2.43.